The van der Waals surface area contributed by atoms with Gasteiger partial charge in [-0.1, -0.05) is 18.2 Å². The number of hydrogen-bond donors (Lipinski definition) is 8. The largest absolute Gasteiger partial charge is 0.487 e. The van der Waals surface area contributed by atoms with E-state index in [2.05, 4.69) is 36.3 Å². The van der Waals surface area contributed by atoms with E-state index < -0.39 is 123 Å². The zero-order chi connectivity index (χ0) is 65.0. The van der Waals surface area contributed by atoms with Gasteiger partial charge in [-0.25, -0.2) is 22.7 Å². The van der Waals surface area contributed by atoms with Crippen molar-refractivity contribution < 1.29 is 66.0 Å². The van der Waals surface area contributed by atoms with Crippen molar-refractivity contribution >= 4 is 68.6 Å². The lowest BCUT2D eigenvalue weighted by molar-refractivity contribution is -0.141. The minimum absolute atomic E-state index is 0.0394. The third-order valence-corrected chi connectivity index (χ3v) is 17.8. The number of carbonyl (C=O) groups excluding carboxylic acids is 7. The molecule has 486 valence electrons. The summed E-state index contributed by atoms with van der Waals surface area (Å²) in [7, 11) is -4.27. The van der Waals surface area contributed by atoms with Crippen molar-refractivity contribution in [3.8, 4) is 5.75 Å². The molecule has 0 spiro atoms. The van der Waals surface area contributed by atoms with Crippen molar-refractivity contribution in [3.05, 3.63) is 58.3 Å². The number of rotatable bonds is 12. The molecule has 25 heteroatoms. The smallest absolute Gasteiger partial charge is 0.419 e. The first-order valence-corrected chi connectivity index (χ1v) is 32.2. The normalized spacial score (nSPS) is 24.6. The highest BCUT2D eigenvalue weighted by Crippen LogP contribution is 2.44. The van der Waals surface area contributed by atoms with Crippen molar-refractivity contribution in [2.45, 2.75) is 244 Å². The van der Waals surface area contributed by atoms with E-state index in [0.717, 1.165) is 5.56 Å². The monoisotopic (exact) mass is 1250 g/mol. The highest BCUT2D eigenvalue weighted by atomic mass is 32.2. The van der Waals surface area contributed by atoms with Crippen LogP contribution in [0.2, 0.25) is 0 Å². The number of benzene rings is 2. The number of nitrogens with zero attached hydrogens (tertiary/aromatic N) is 3. The number of aliphatic hydroxyl groups is 1. The number of aliphatic hydroxyl groups excluding tert-OH is 1. The summed E-state index contributed by atoms with van der Waals surface area (Å²) in [6.07, 6.45) is 1.23. The van der Waals surface area contributed by atoms with Crippen molar-refractivity contribution in [1.29, 1.82) is 0 Å². The number of aromatic nitrogens is 1. The highest BCUT2D eigenvalue weighted by molar-refractivity contribution is 7.90. The SMILES string of the molecule is Cc1c(C)c(S(=O)(=O)NC(N)=NCCC[C@@H]2NC(=O)[C@H](Cc3cn(C(=O)OC(C)(C)C)c4ccccc34)NC(=O)[C@@H](CC3CCC(O)CC3)NC(=O)[C@@H]3C[C@@H](OC(C)(C)C)CN3C(=O)[C@@H](NC(=O)OC(C)(C)C)CCCNC2=O)c(C)c2c1OC(C)(C)C2. The van der Waals surface area contributed by atoms with Gasteiger partial charge in [-0.15, -0.1) is 0 Å². The predicted octanol–water partition coefficient (Wildman–Crippen LogP) is 5.66. The van der Waals surface area contributed by atoms with Crippen molar-refractivity contribution in [2.75, 3.05) is 19.6 Å². The van der Waals surface area contributed by atoms with Gasteiger partial charge in [0.05, 0.1) is 28.2 Å². The molecule has 0 bridgehead atoms. The molecule has 24 nitrogen and oxygen atoms in total. The van der Waals surface area contributed by atoms with E-state index in [4.69, 9.17) is 24.7 Å². The molecule has 3 aliphatic heterocycles. The number of sulfonamides is 1. The molecule has 88 heavy (non-hydrogen) atoms. The number of nitrogens with one attached hydrogen (secondary N) is 6. The Balaban J connectivity index is 1.24. The van der Waals surface area contributed by atoms with Crippen LogP contribution in [0.5, 0.6) is 5.75 Å². The van der Waals surface area contributed by atoms with Crippen molar-refractivity contribution in [2.24, 2.45) is 16.6 Å². The van der Waals surface area contributed by atoms with Crippen LogP contribution in [0.1, 0.15) is 168 Å². The van der Waals surface area contributed by atoms with E-state index in [0.29, 0.717) is 71.0 Å². The van der Waals surface area contributed by atoms with E-state index in [-0.39, 0.29) is 75.4 Å². The molecule has 2 aromatic carbocycles. The second-order valence-electron chi connectivity index (χ2n) is 27.6. The minimum Gasteiger partial charge on any atom is -0.487 e. The molecule has 1 saturated carbocycles. The Morgan fingerprint density at radius 2 is 1.45 bits per heavy atom. The van der Waals surface area contributed by atoms with E-state index in [1.54, 1.807) is 79.7 Å². The first kappa shape index (κ1) is 68.5. The second kappa shape index (κ2) is 27.4. The molecule has 4 heterocycles. The molecule has 3 fully saturated rings. The summed E-state index contributed by atoms with van der Waals surface area (Å²) in [5.41, 5.74) is 6.67. The summed E-state index contributed by atoms with van der Waals surface area (Å²) in [6, 6.07) is 0.448. The van der Waals surface area contributed by atoms with Crippen LogP contribution in [0.25, 0.3) is 10.9 Å². The maximum absolute atomic E-state index is 15.2. The van der Waals surface area contributed by atoms with Gasteiger partial charge in [-0.3, -0.25) is 33.5 Å². The Morgan fingerprint density at radius 1 is 0.818 bits per heavy atom. The summed E-state index contributed by atoms with van der Waals surface area (Å²) in [5, 5.41) is 25.4. The van der Waals surface area contributed by atoms with Gasteiger partial charge in [0.1, 0.15) is 52.8 Å². The number of alkyl carbamates (subject to hydrolysis) is 1. The summed E-state index contributed by atoms with van der Waals surface area (Å²) >= 11 is 0. The number of nitrogens with two attached hydrogens (primary N) is 1. The third-order valence-electron chi connectivity index (χ3n) is 16.2. The van der Waals surface area contributed by atoms with Crippen LogP contribution in [0, 0.1) is 26.7 Å². The molecule has 1 aromatic heterocycles. The maximum Gasteiger partial charge on any atom is 0.419 e. The molecular formula is C63H94N10O14S. The fraction of sp³-hybridized carbons (Fsp3) is 0.651. The number of guanidine groups is 1. The van der Waals surface area contributed by atoms with Crippen LogP contribution in [0.3, 0.4) is 0 Å². The van der Waals surface area contributed by atoms with Gasteiger partial charge < -0.3 is 61.3 Å². The van der Waals surface area contributed by atoms with E-state index in [9.17, 15) is 32.7 Å². The standard InChI is InChI=1S/C63H94N10O14S/c1-35-36(2)51(37(3)43-32-63(13,14)85-50(35)43)88(82,83)71-57(64)66-28-17-20-44-52(75)65-27-18-21-45(70-58(80)86-61(7,8)9)56(79)72-34-41(84-60(4,5)6)31-49(72)55(78)69-46(29-38-23-25-40(74)26-24-38)53(76)68-47(54(77)67-44)30-39-33-73(59(81)87-62(10,11)12)48-22-16-15-19-42(39)48/h15-16,19,22,33,38,40-41,44-47,49,74H,17-18,20-21,23-32,34H2,1-14H3,(H,65,75)(H,67,77)(H,68,76)(H,69,78)(H,70,80)(H3,64,66,71)/t38?,40?,41-,44+,45+,46-,47+,49+/m1/s1. The highest BCUT2D eigenvalue weighted by Gasteiger charge is 2.46. The van der Waals surface area contributed by atoms with Crippen molar-refractivity contribution in [1.82, 2.24) is 40.8 Å². The van der Waals surface area contributed by atoms with Crippen LogP contribution in [-0.4, -0.2) is 155 Å². The van der Waals surface area contributed by atoms with Crippen LogP contribution in [0.15, 0.2) is 40.4 Å². The Hall–Kier alpha value is -6.99. The number of hydrogen-bond acceptors (Lipinski definition) is 15. The lowest BCUT2D eigenvalue weighted by Crippen LogP contribution is -2.60. The third kappa shape index (κ3) is 17.9. The molecule has 0 radical (unpaired) electrons. The number of amides is 6. The van der Waals surface area contributed by atoms with Gasteiger partial charge in [-0.05, 0) is 189 Å². The average Bonchev–Trinajstić information content (AvgIpc) is 3.06. The quantitative estimate of drug-likeness (QED) is 0.0616. The van der Waals surface area contributed by atoms with E-state index in [1.807, 2.05) is 41.5 Å². The minimum atomic E-state index is -4.27. The van der Waals surface area contributed by atoms with E-state index >= 15 is 14.4 Å². The molecular weight excluding hydrogens is 1150 g/mol. The summed E-state index contributed by atoms with van der Waals surface area (Å²) in [6.45, 7) is 24.7. The second-order valence-corrected chi connectivity index (χ2v) is 29.2. The molecule has 3 aromatic rings. The van der Waals surface area contributed by atoms with Gasteiger partial charge in [0, 0.05) is 56.0 Å². The summed E-state index contributed by atoms with van der Waals surface area (Å²) < 4.78 is 55.8. The van der Waals surface area contributed by atoms with Crippen LogP contribution in [0.4, 0.5) is 9.59 Å². The topological polar surface area (TPSA) is 330 Å². The van der Waals surface area contributed by atoms with Crippen LogP contribution >= 0.6 is 0 Å². The average molecular weight is 1250 g/mol. The number of ether oxygens (including phenoxy) is 4. The zero-order valence-corrected chi connectivity index (χ0v) is 54.5. The van der Waals surface area contributed by atoms with Gasteiger partial charge >= 0.3 is 12.2 Å². The van der Waals surface area contributed by atoms with Gasteiger partial charge in [0.25, 0.3) is 10.0 Å². The number of para-hydroxylation sites is 1. The molecule has 7 rings (SSSR count). The number of carbonyl (C=O) groups is 7. The van der Waals surface area contributed by atoms with Gasteiger partial charge in [-0.2, -0.15) is 0 Å². The predicted molar refractivity (Wildman–Crippen MR) is 331 cm³/mol. The van der Waals surface area contributed by atoms with E-state index in [1.165, 1.54) is 15.7 Å². The lowest BCUT2D eigenvalue weighted by Gasteiger charge is -2.32. The fourth-order valence-electron chi connectivity index (χ4n) is 12.1. The lowest BCUT2D eigenvalue weighted by atomic mass is 9.83. The number of fused-ring (bicyclic) bond motifs is 3. The zero-order valence-electron chi connectivity index (χ0n) is 53.7. The number of aliphatic imine (C=N–C) groups is 1. The van der Waals surface area contributed by atoms with Gasteiger partial charge in [0.2, 0.25) is 35.5 Å². The molecule has 6 atom stereocenters. The molecule has 1 aliphatic carbocycles. The first-order chi connectivity index (χ1) is 40.9. The molecule has 4 aliphatic rings. The first-order valence-electron chi connectivity index (χ1n) is 30.7. The molecule has 9 N–H and O–H groups in total. The van der Waals surface area contributed by atoms with Crippen LogP contribution in [-0.2, 0) is 61.0 Å². The Morgan fingerprint density at radius 3 is 2.11 bits per heavy atom. The fourth-order valence-corrected chi connectivity index (χ4v) is 13.6. The molecule has 2 saturated heterocycles. The maximum atomic E-state index is 15.2. The summed E-state index contributed by atoms with van der Waals surface area (Å²) in [4.78, 5) is 108. The van der Waals surface area contributed by atoms with Gasteiger partial charge in [0.15, 0.2) is 0 Å². The Labute approximate surface area is 517 Å². The van der Waals surface area contributed by atoms with Crippen molar-refractivity contribution in [3.63, 3.8) is 0 Å². The Bertz CT molecular complexity index is 3260. The summed E-state index contributed by atoms with van der Waals surface area (Å²) in [5.74, 6) is -3.41. The molecule has 6 amide bonds. The molecule has 0 unspecified atom stereocenters. The Kier molecular flexibility index (Phi) is 21.3. The van der Waals surface area contributed by atoms with Crippen LogP contribution < -0.4 is 41.8 Å².